The van der Waals surface area contributed by atoms with Gasteiger partial charge in [0.25, 0.3) is 0 Å². The Labute approximate surface area is 112 Å². The smallest absolute Gasteiger partial charge is 0.223 e. The number of rotatable bonds is 5. The number of nitriles is 1. The predicted octanol–water partition coefficient (Wildman–Crippen LogP) is 1.51. The van der Waals surface area contributed by atoms with Gasteiger partial charge < -0.3 is 9.64 Å². The molecule has 19 heavy (non-hydrogen) atoms. The monoisotopic (exact) mass is 257 g/mol. The number of likely N-dealkylation sites (tertiary alicyclic amines) is 1. The van der Waals surface area contributed by atoms with E-state index in [9.17, 15) is 4.79 Å². The maximum atomic E-state index is 11.6. The molecule has 1 aliphatic heterocycles. The largest absolute Gasteiger partial charge is 0.471 e. The fraction of sp³-hybridized carbons (Fsp3) is 0.357. The first kappa shape index (κ1) is 13.1. The zero-order valence-electron chi connectivity index (χ0n) is 10.6. The third kappa shape index (κ3) is 3.32. The Morgan fingerprint density at radius 3 is 3.16 bits per heavy atom. The lowest BCUT2D eigenvalue weighted by molar-refractivity contribution is -0.140. The van der Waals surface area contributed by atoms with E-state index >= 15 is 0 Å². The molecule has 0 spiro atoms. The van der Waals surface area contributed by atoms with Crippen LogP contribution in [0.2, 0.25) is 0 Å². The highest BCUT2D eigenvalue weighted by atomic mass is 16.5. The quantitative estimate of drug-likeness (QED) is 0.750. The Bertz CT molecular complexity index is 516. The minimum atomic E-state index is -0.0332. The number of pyridine rings is 1. The van der Waals surface area contributed by atoms with Gasteiger partial charge in [-0.25, -0.2) is 4.98 Å². The van der Waals surface area contributed by atoms with Crippen LogP contribution in [0.15, 0.2) is 31.0 Å². The summed E-state index contributed by atoms with van der Waals surface area (Å²) in [5, 5.41) is 8.77. The second kappa shape index (κ2) is 6.01. The summed E-state index contributed by atoms with van der Waals surface area (Å²) in [5.74, 6) is 0.556. The second-order valence-electron chi connectivity index (χ2n) is 4.36. The van der Waals surface area contributed by atoms with Crippen LogP contribution >= 0.6 is 0 Å². The predicted molar refractivity (Wildman–Crippen MR) is 69.4 cm³/mol. The molecule has 1 aromatic rings. The molecule has 5 heteroatoms. The summed E-state index contributed by atoms with van der Waals surface area (Å²) in [6.07, 6.45) is 4.45. The van der Waals surface area contributed by atoms with Crippen molar-refractivity contribution in [2.45, 2.75) is 18.9 Å². The van der Waals surface area contributed by atoms with Gasteiger partial charge in [-0.05, 0) is 12.5 Å². The standard InChI is InChI=1S/C14H15N3O2/c1-2-3-4-14(18)17-9-12(10-17)19-13-7-11(8-15)5-6-16-13/h2,5-7,12H,1,3-4,9-10H2. The third-order valence-corrected chi connectivity index (χ3v) is 2.91. The molecule has 0 saturated carbocycles. The SMILES string of the molecule is C=CCCC(=O)N1CC(Oc2cc(C#N)ccn2)C1. The van der Waals surface area contributed by atoms with E-state index in [2.05, 4.69) is 11.6 Å². The van der Waals surface area contributed by atoms with Crippen molar-refractivity contribution in [3.63, 3.8) is 0 Å². The first-order valence-electron chi connectivity index (χ1n) is 6.14. The maximum Gasteiger partial charge on any atom is 0.223 e. The first-order valence-corrected chi connectivity index (χ1v) is 6.14. The first-order chi connectivity index (χ1) is 9.22. The van der Waals surface area contributed by atoms with Crippen molar-refractivity contribution in [1.82, 2.24) is 9.88 Å². The molecule has 1 aromatic heterocycles. The number of nitrogens with zero attached hydrogens (tertiary/aromatic N) is 3. The zero-order chi connectivity index (χ0) is 13.7. The number of hydrogen-bond donors (Lipinski definition) is 0. The number of hydrogen-bond acceptors (Lipinski definition) is 4. The molecule has 0 bridgehead atoms. The second-order valence-corrected chi connectivity index (χ2v) is 4.36. The lowest BCUT2D eigenvalue weighted by Crippen LogP contribution is -2.56. The van der Waals surface area contributed by atoms with Gasteiger partial charge in [-0.2, -0.15) is 5.26 Å². The average Bonchev–Trinajstić information content (AvgIpc) is 2.40. The summed E-state index contributed by atoms with van der Waals surface area (Å²) in [5.41, 5.74) is 0.517. The van der Waals surface area contributed by atoms with E-state index < -0.39 is 0 Å². The van der Waals surface area contributed by atoms with E-state index in [1.807, 2.05) is 6.07 Å². The Morgan fingerprint density at radius 2 is 2.47 bits per heavy atom. The summed E-state index contributed by atoms with van der Waals surface area (Å²) in [7, 11) is 0. The fourth-order valence-corrected chi connectivity index (χ4v) is 1.81. The molecule has 1 aliphatic rings. The molecule has 2 rings (SSSR count). The van der Waals surface area contributed by atoms with Crippen LogP contribution in [0.25, 0.3) is 0 Å². The molecule has 0 aromatic carbocycles. The van der Waals surface area contributed by atoms with Crippen molar-refractivity contribution in [1.29, 1.82) is 5.26 Å². The number of allylic oxidation sites excluding steroid dienone is 1. The van der Waals surface area contributed by atoms with Crippen LogP contribution in [0.4, 0.5) is 0 Å². The minimum Gasteiger partial charge on any atom is -0.471 e. The number of amides is 1. The number of carbonyl (C=O) groups excluding carboxylic acids is 1. The lowest BCUT2D eigenvalue weighted by Gasteiger charge is -2.38. The molecule has 0 radical (unpaired) electrons. The van der Waals surface area contributed by atoms with Crippen LogP contribution in [0.3, 0.4) is 0 Å². The van der Waals surface area contributed by atoms with Gasteiger partial charge in [0.15, 0.2) is 0 Å². The Morgan fingerprint density at radius 1 is 1.68 bits per heavy atom. The van der Waals surface area contributed by atoms with Crippen LogP contribution in [-0.2, 0) is 4.79 Å². The molecule has 2 heterocycles. The van der Waals surface area contributed by atoms with Crippen molar-refractivity contribution in [2.75, 3.05) is 13.1 Å². The van der Waals surface area contributed by atoms with Crippen LogP contribution in [0.5, 0.6) is 5.88 Å². The summed E-state index contributed by atoms with van der Waals surface area (Å²) in [6, 6.07) is 5.26. The summed E-state index contributed by atoms with van der Waals surface area (Å²) in [6.45, 7) is 4.75. The van der Waals surface area contributed by atoms with Gasteiger partial charge in [-0.3, -0.25) is 4.79 Å². The Hall–Kier alpha value is -2.35. The van der Waals surface area contributed by atoms with E-state index in [4.69, 9.17) is 10.00 Å². The molecule has 1 saturated heterocycles. The van der Waals surface area contributed by atoms with Gasteiger partial charge in [-0.15, -0.1) is 6.58 Å². The van der Waals surface area contributed by atoms with Crippen molar-refractivity contribution in [3.05, 3.63) is 36.5 Å². The Kier molecular flexibility index (Phi) is 4.14. The Balaban J connectivity index is 1.80. The van der Waals surface area contributed by atoms with Crippen LogP contribution in [-0.4, -0.2) is 35.0 Å². The topological polar surface area (TPSA) is 66.2 Å². The highest BCUT2D eigenvalue weighted by Gasteiger charge is 2.31. The van der Waals surface area contributed by atoms with Gasteiger partial charge in [0.05, 0.1) is 24.7 Å². The van der Waals surface area contributed by atoms with E-state index in [1.165, 1.54) is 0 Å². The van der Waals surface area contributed by atoms with Crippen molar-refractivity contribution in [2.24, 2.45) is 0 Å². The molecular weight excluding hydrogens is 242 g/mol. The number of ether oxygens (including phenoxy) is 1. The van der Waals surface area contributed by atoms with E-state index in [-0.39, 0.29) is 12.0 Å². The summed E-state index contributed by atoms with van der Waals surface area (Å²) < 4.78 is 5.60. The van der Waals surface area contributed by atoms with E-state index in [0.29, 0.717) is 37.4 Å². The average molecular weight is 257 g/mol. The van der Waals surface area contributed by atoms with Gasteiger partial charge in [-0.1, -0.05) is 6.08 Å². The van der Waals surface area contributed by atoms with Gasteiger partial charge in [0.1, 0.15) is 6.10 Å². The summed E-state index contributed by atoms with van der Waals surface area (Å²) >= 11 is 0. The molecule has 0 N–H and O–H groups in total. The third-order valence-electron chi connectivity index (χ3n) is 2.91. The van der Waals surface area contributed by atoms with Crippen LogP contribution in [0.1, 0.15) is 18.4 Å². The maximum absolute atomic E-state index is 11.6. The molecular formula is C14H15N3O2. The highest BCUT2D eigenvalue weighted by molar-refractivity contribution is 5.77. The zero-order valence-corrected chi connectivity index (χ0v) is 10.6. The molecule has 0 atom stereocenters. The summed E-state index contributed by atoms with van der Waals surface area (Å²) in [4.78, 5) is 17.4. The van der Waals surface area contributed by atoms with Crippen molar-refractivity contribution < 1.29 is 9.53 Å². The number of carbonyl (C=O) groups is 1. The molecule has 5 nitrogen and oxygen atoms in total. The van der Waals surface area contributed by atoms with E-state index in [0.717, 1.165) is 0 Å². The normalized spacial score (nSPS) is 14.4. The van der Waals surface area contributed by atoms with Crippen LogP contribution < -0.4 is 4.74 Å². The highest BCUT2D eigenvalue weighted by Crippen LogP contribution is 2.17. The van der Waals surface area contributed by atoms with E-state index in [1.54, 1.807) is 29.3 Å². The van der Waals surface area contributed by atoms with Gasteiger partial charge in [0.2, 0.25) is 11.8 Å². The van der Waals surface area contributed by atoms with Crippen molar-refractivity contribution >= 4 is 5.91 Å². The number of aromatic nitrogens is 1. The molecule has 1 amide bonds. The van der Waals surface area contributed by atoms with Gasteiger partial charge >= 0.3 is 0 Å². The minimum absolute atomic E-state index is 0.0332. The molecule has 0 unspecified atom stereocenters. The van der Waals surface area contributed by atoms with Crippen LogP contribution in [0, 0.1) is 11.3 Å². The molecule has 0 aliphatic carbocycles. The fourth-order valence-electron chi connectivity index (χ4n) is 1.81. The lowest BCUT2D eigenvalue weighted by atomic mass is 10.1. The molecule has 98 valence electrons. The molecule has 1 fully saturated rings. The van der Waals surface area contributed by atoms with Crippen molar-refractivity contribution in [3.8, 4) is 11.9 Å². The van der Waals surface area contributed by atoms with Gasteiger partial charge in [0, 0.05) is 18.7 Å².